The zero-order chi connectivity index (χ0) is 76.9. The number of carboxylic acid groups (broad SMARTS) is 1. The maximum Gasteiger partial charge on any atom is 0.408 e. The van der Waals surface area contributed by atoms with Crippen molar-refractivity contribution in [1.82, 2.24) is 40.9 Å². The number of thioether (sulfide) groups is 1. The summed E-state index contributed by atoms with van der Waals surface area (Å²) in [6.45, 7) is 19.5. The summed E-state index contributed by atoms with van der Waals surface area (Å²) in [5.74, 6) is -5.70. The number of alkyl carbamates (subject to hydrolysis) is 1. The number of hydrogen-bond acceptors (Lipinski definition) is 18. The van der Waals surface area contributed by atoms with Gasteiger partial charge < -0.3 is 66.5 Å². The number of carbonyl (C=O) groups is 11. The molecule has 14 atom stereocenters. The molecular formula is C75H119FN10O16S. The number of ether oxygens (including phenoxy) is 3. The molecule has 2 aliphatic rings. The molecule has 0 saturated carbocycles. The highest BCUT2D eigenvalue weighted by atomic mass is 32.2. The molecule has 2 aliphatic heterocycles. The molecule has 103 heavy (non-hydrogen) atoms. The summed E-state index contributed by atoms with van der Waals surface area (Å²) < 4.78 is 32.2. The van der Waals surface area contributed by atoms with E-state index in [1.54, 1.807) is 68.8 Å². The van der Waals surface area contributed by atoms with Crippen LogP contribution in [0.15, 0.2) is 48.5 Å². The van der Waals surface area contributed by atoms with Crippen LogP contribution in [0.5, 0.6) is 0 Å². The van der Waals surface area contributed by atoms with Gasteiger partial charge in [0.2, 0.25) is 35.4 Å². The fraction of sp³-hybridized carbons (Fsp3) is 0.693. The van der Waals surface area contributed by atoms with E-state index >= 15 is 0 Å². The number of nitrogens with two attached hydrogens (primary N) is 1. The number of methoxy groups -OCH3 is 2. The van der Waals surface area contributed by atoms with Crippen molar-refractivity contribution in [2.75, 3.05) is 66.1 Å². The van der Waals surface area contributed by atoms with E-state index in [2.05, 4.69) is 26.6 Å². The van der Waals surface area contributed by atoms with E-state index in [9.17, 15) is 62.2 Å². The van der Waals surface area contributed by atoms with Gasteiger partial charge in [0.1, 0.15) is 18.7 Å². The number of carboxylic acids is 1. The second kappa shape index (κ2) is 43.9. The molecule has 578 valence electrons. The molecule has 0 spiro atoms. The number of aliphatic hydroxyl groups excluding tert-OH is 1. The molecule has 0 aliphatic carbocycles. The number of Topliss-reactive ketones (excluding diaryl/α,β-unsaturated/α-hetero) is 2. The molecule has 9 N–H and O–H groups in total. The number of halogens is 1. The Bertz CT molecular complexity index is 3080. The SMILES string of the molecule is CC[C@H](C)[C@@H]([C@@H](CC(=O)N1CCC[C@H]1[C@H](OC)[C@@H](C)C(=O)N[C@H](C)C(NC(=O)OCc1ccc(NC(O)[C@H](CCCNC(N)=O)CC(=O)[C@@H](NC(=O)CCCCCN2C(=O)CC(SCCCC(=O)O)C2=O)C(C)C)cc1)c1ccc(F)cc1)OC)N(C)C(=O)[C@@H](CC(=O)[C@H](C(C)C)N(C)C)C(C)C. The highest BCUT2D eigenvalue weighted by Crippen LogP contribution is 2.33. The first-order valence-corrected chi connectivity index (χ1v) is 37.6. The summed E-state index contributed by atoms with van der Waals surface area (Å²) >= 11 is 1.29. The van der Waals surface area contributed by atoms with Crippen LogP contribution in [0.25, 0.3) is 0 Å². The number of aliphatic carboxylic acids is 1. The van der Waals surface area contributed by atoms with Gasteiger partial charge in [-0.1, -0.05) is 99.4 Å². The molecule has 4 rings (SSSR count). The maximum absolute atomic E-state index is 14.6. The fourth-order valence-electron chi connectivity index (χ4n) is 14.1. The zero-order valence-electron chi connectivity index (χ0n) is 63.3. The van der Waals surface area contributed by atoms with Gasteiger partial charge in [0.15, 0.2) is 11.6 Å². The van der Waals surface area contributed by atoms with Gasteiger partial charge in [0, 0.05) is 90.5 Å². The Balaban J connectivity index is 1.38. The number of nitrogens with zero attached hydrogens (tertiary/aromatic N) is 4. The van der Waals surface area contributed by atoms with Gasteiger partial charge in [0.05, 0.1) is 66.0 Å². The smallest absolute Gasteiger partial charge is 0.408 e. The van der Waals surface area contributed by atoms with E-state index in [4.69, 9.17) is 25.1 Å². The molecule has 2 aromatic carbocycles. The van der Waals surface area contributed by atoms with Crippen molar-refractivity contribution < 1.29 is 81.6 Å². The largest absolute Gasteiger partial charge is 0.481 e. The first-order valence-electron chi connectivity index (χ1n) is 36.5. The van der Waals surface area contributed by atoms with Crippen molar-refractivity contribution in [3.8, 4) is 0 Å². The number of ketones is 2. The molecule has 2 heterocycles. The number of imide groups is 1. The minimum absolute atomic E-state index is 0.00247. The lowest BCUT2D eigenvalue weighted by Crippen LogP contribution is -2.55. The molecule has 9 amide bonds. The Morgan fingerprint density at radius 3 is 2.03 bits per heavy atom. The van der Waals surface area contributed by atoms with Crippen LogP contribution < -0.4 is 32.3 Å². The van der Waals surface area contributed by atoms with E-state index in [0.717, 1.165) is 0 Å². The van der Waals surface area contributed by atoms with Crippen molar-refractivity contribution in [2.45, 2.75) is 232 Å². The van der Waals surface area contributed by atoms with Gasteiger partial charge in [-0.3, -0.25) is 53.0 Å². The van der Waals surface area contributed by atoms with Crippen molar-refractivity contribution in [1.29, 1.82) is 0 Å². The third kappa shape index (κ3) is 27.6. The quantitative estimate of drug-likeness (QED) is 0.0176. The van der Waals surface area contributed by atoms with Crippen LogP contribution in [0.4, 0.5) is 19.7 Å². The number of rotatable bonds is 47. The Hall–Kier alpha value is -7.27. The highest BCUT2D eigenvalue weighted by molar-refractivity contribution is 8.00. The van der Waals surface area contributed by atoms with Crippen molar-refractivity contribution >= 4 is 82.6 Å². The summed E-state index contributed by atoms with van der Waals surface area (Å²) in [6, 6.07) is 7.34. The number of urea groups is 1. The number of carbonyl (C=O) groups excluding carboxylic acids is 10. The van der Waals surface area contributed by atoms with Gasteiger partial charge in [-0.25, -0.2) is 14.0 Å². The molecule has 26 nitrogen and oxygen atoms in total. The van der Waals surface area contributed by atoms with Crippen LogP contribution in [0.1, 0.15) is 183 Å². The monoisotopic (exact) mass is 1470 g/mol. The Kier molecular flexibility index (Phi) is 37.5. The highest BCUT2D eigenvalue weighted by Gasteiger charge is 2.45. The van der Waals surface area contributed by atoms with E-state index in [1.807, 2.05) is 60.5 Å². The molecule has 0 radical (unpaired) electrons. The average Bonchev–Trinajstić information content (AvgIpc) is 1.81. The normalized spacial score (nSPS) is 18.3. The topological polar surface area (TPSA) is 355 Å². The van der Waals surface area contributed by atoms with E-state index in [-0.39, 0.29) is 135 Å². The molecule has 2 fully saturated rings. The number of unbranched alkanes of at least 4 members (excludes halogenated alkanes) is 2. The molecule has 2 aromatic rings. The number of likely N-dealkylation sites (tertiary alicyclic amines) is 2. The number of primary amides is 1. The summed E-state index contributed by atoms with van der Waals surface area (Å²) in [7, 11) is 8.49. The van der Waals surface area contributed by atoms with Gasteiger partial charge in [0.25, 0.3) is 0 Å². The average molecular weight is 1470 g/mol. The standard InChI is InChI=1S/C75H119FN10O16S/c1-16-47(8)68(84(13)72(96)55(44(2)3)40-58(88)67(46(6)7)83(11)12)59(100-14)41-62(90)85-37-21-24-56(85)69(101-15)48(9)70(94)79-49(10)66(51-29-31-53(76)32-30-51)82-75(99)102-43-50-27-33-54(34-28-50)80-71(95)52(23-20-35-78-74(77)98)39-57(87)65(45(4)5)81-61(89)25-18-17-19-36-86-63(91)42-60(73(86)97)103-38-22-26-64(92)93/h27-34,44-49,52,55-56,59-60,65-69,71,80,95H,16-26,35-43H2,1-15H3,(H,79,94)(H,81,89)(H,82,99)(H,92,93)(H3,77,78,98)/t47-,48+,49+,52+,55-,56-,59+,60?,65-,66?,67-,68-,69+,71?/m0/s1. The molecule has 2 saturated heterocycles. The van der Waals surface area contributed by atoms with Gasteiger partial charge >= 0.3 is 18.1 Å². The molecule has 0 bridgehead atoms. The van der Waals surface area contributed by atoms with Crippen LogP contribution in [-0.4, -0.2) is 210 Å². The summed E-state index contributed by atoms with van der Waals surface area (Å²) in [5, 5.41) is 34.3. The molecule has 28 heteroatoms. The molecular weight excluding hydrogens is 1350 g/mol. The molecule has 0 aromatic heterocycles. The number of aliphatic hydroxyl groups is 1. The Morgan fingerprint density at radius 2 is 1.45 bits per heavy atom. The lowest BCUT2D eigenvalue weighted by molar-refractivity contribution is -0.149. The van der Waals surface area contributed by atoms with E-state index in [1.165, 1.54) is 55.1 Å². The van der Waals surface area contributed by atoms with Crippen LogP contribution >= 0.6 is 11.8 Å². The van der Waals surface area contributed by atoms with Crippen LogP contribution in [-0.2, 0) is 64.0 Å². The van der Waals surface area contributed by atoms with Crippen LogP contribution in [0, 0.1) is 47.2 Å². The number of benzene rings is 2. The predicted molar refractivity (Wildman–Crippen MR) is 392 cm³/mol. The van der Waals surface area contributed by atoms with Crippen LogP contribution in [0.2, 0.25) is 0 Å². The number of nitrogens with one attached hydrogen (secondary N) is 5. The lowest BCUT2D eigenvalue weighted by Gasteiger charge is -2.41. The van der Waals surface area contributed by atoms with E-state index in [0.29, 0.717) is 80.5 Å². The minimum Gasteiger partial charge on any atom is -0.481 e. The predicted octanol–water partition coefficient (Wildman–Crippen LogP) is 8.22. The van der Waals surface area contributed by atoms with Gasteiger partial charge in [-0.2, -0.15) is 0 Å². The number of hydrogen-bond donors (Lipinski definition) is 8. The van der Waals surface area contributed by atoms with Gasteiger partial charge in [-0.05, 0) is 131 Å². The number of anilines is 1. The second-order valence-electron chi connectivity index (χ2n) is 29.0. The fourth-order valence-corrected chi connectivity index (χ4v) is 15.2. The van der Waals surface area contributed by atoms with Crippen molar-refractivity contribution in [3.05, 3.63) is 65.5 Å². The summed E-state index contributed by atoms with van der Waals surface area (Å²) in [5.41, 5.74) is 6.76. The number of amides is 9. The summed E-state index contributed by atoms with van der Waals surface area (Å²) in [4.78, 5) is 153. The minimum atomic E-state index is -1.29. The molecule has 3 unspecified atom stereocenters. The maximum atomic E-state index is 14.6. The summed E-state index contributed by atoms with van der Waals surface area (Å²) in [6.07, 6.45) is 0.723. The first kappa shape index (κ1) is 88.1. The van der Waals surface area contributed by atoms with Crippen molar-refractivity contribution in [3.63, 3.8) is 0 Å². The first-order chi connectivity index (χ1) is 48.6. The Labute approximate surface area is 613 Å². The third-order valence-corrected chi connectivity index (χ3v) is 21.3. The second-order valence-corrected chi connectivity index (χ2v) is 30.3. The number of likely N-dealkylation sites (N-methyl/N-ethyl adjacent to an activating group) is 2. The Morgan fingerprint density at radius 1 is 0.777 bits per heavy atom. The zero-order valence-corrected chi connectivity index (χ0v) is 64.2. The lowest BCUT2D eigenvalue weighted by atomic mass is 9.83. The van der Waals surface area contributed by atoms with Gasteiger partial charge in [-0.15, -0.1) is 11.8 Å². The van der Waals surface area contributed by atoms with Crippen molar-refractivity contribution in [2.24, 2.45) is 47.2 Å². The third-order valence-electron chi connectivity index (χ3n) is 20.0. The van der Waals surface area contributed by atoms with Crippen LogP contribution in [0.3, 0.4) is 0 Å². The van der Waals surface area contributed by atoms with E-state index < -0.39 is 101 Å².